The van der Waals surface area contributed by atoms with Gasteiger partial charge in [0.05, 0.1) is 41.1 Å². The van der Waals surface area contributed by atoms with Gasteiger partial charge in [-0.1, -0.05) is 41.3 Å². The van der Waals surface area contributed by atoms with E-state index in [1.54, 1.807) is 30.3 Å². The number of carbonyl (C=O) groups is 2. The van der Waals surface area contributed by atoms with Crippen LogP contribution in [0.25, 0.3) is 11.3 Å². The third-order valence-electron chi connectivity index (χ3n) is 5.74. The molecule has 198 valence electrons. The number of fused-ring (bicyclic) bond motifs is 1. The Kier molecular flexibility index (Phi) is 8.23. The molecule has 11 heteroatoms. The van der Waals surface area contributed by atoms with E-state index >= 15 is 0 Å². The molecule has 1 heterocycles. The van der Waals surface area contributed by atoms with Gasteiger partial charge in [0.2, 0.25) is 0 Å². The van der Waals surface area contributed by atoms with Crippen LogP contribution in [0.2, 0.25) is 0 Å². The molecule has 1 aliphatic heterocycles. The Hall–Kier alpha value is -4.03. The van der Waals surface area contributed by atoms with Crippen LogP contribution in [-0.2, 0) is 24.4 Å². The Bertz CT molecular complexity index is 1470. The molecule has 38 heavy (non-hydrogen) atoms. The molecule has 4 rings (SSSR count). The first-order chi connectivity index (χ1) is 18.2. The molecule has 0 unspecified atom stereocenters. The van der Waals surface area contributed by atoms with E-state index in [-0.39, 0.29) is 17.4 Å². The van der Waals surface area contributed by atoms with Gasteiger partial charge < -0.3 is 20.3 Å². The molecule has 0 radical (unpaired) electrons. The van der Waals surface area contributed by atoms with E-state index < -0.39 is 16.0 Å². The fourth-order valence-corrected chi connectivity index (χ4v) is 4.64. The Balaban J connectivity index is 1.65. The highest BCUT2D eigenvalue weighted by Gasteiger charge is 2.29. The summed E-state index contributed by atoms with van der Waals surface area (Å²) < 4.78 is 29.9. The molecular weight excluding hydrogens is 508 g/mol. The standard InChI is InChI=1S/C27H28N4O6S/c1-31(2)15-16-37-30-38(34,35)21-12-10-20(11-13-21)28-25(18-7-5-4-6-8-18)24-22-14-9-19(27(33)36-3)17-23(22)29-26(24)32/h4-14,17,28,30H,15-16H2,1-3H3,(H,29,32)/b25-24-. The lowest BCUT2D eigenvalue weighted by Crippen LogP contribution is -2.28. The third kappa shape index (κ3) is 6.09. The number of anilines is 2. The van der Waals surface area contributed by atoms with Crippen molar-refractivity contribution in [3.63, 3.8) is 0 Å². The molecule has 3 aromatic carbocycles. The van der Waals surface area contributed by atoms with Crippen LogP contribution in [0.15, 0.2) is 77.7 Å². The largest absolute Gasteiger partial charge is 0.465 e. The van der Waals surface area contributed by atoms with Gasteiger partial charge in [-0.15, -0.1) is 0 Å². The SMILES string of the molecule is COC(=O)c1ccc2c(c1)NC(=O)/C2=C(\Nc1ccc(S(=O)(=O)NOCCN(C)C)cc1)c1ccccc1. The van der Waals surface area contributed by atoms with Crippen LogP contribution in [-0.4, -0.2) is 59.6 Å². The van der Waals surface area contributed by atoms with Crippen LogP contribution < -0.4 is 15.5 Å². The molecule has 0 fully saturated rings. The maximum atomic E-state index is 13.1. The highest BCUT2D eigenvalue weighted by Crippen LogP contribution is 2.38. The summed E-state index contributed by atoms with van der Waals surface area (Å²) in [7, 11) is 1.14. The van der Waals surface area contributed by atoms with Gasteiger partial charge in [0.1, 0.15) is 0 Å². The molecule has 1 aliphatic rings. The average molecular weight is 537 g/mol. The van der Waals surface area contributed by atoms with Crippen LogP contribution in [0.4, 0.5) is 11.4 Å². The smallest absolute Gasteiger partial charge is 0.337 e. The van der Waals surface area contributed by atoms with E-state index in [0.29, 0.717) is 40.3 Å². The fraction of sp³-hybridized carbons (Fsp3) is 0.185. The quantitative estimate of drug-likeness (QED) is 0.156. The molecular formula is C27H28N4O6S. The van der Waals surface area contributed by atoms with Gasteiger partial charge >= 0.3 is 5.97 Å². The molecule has 10 nitrogen and oxygen atoms in total. The molecule has 0 saturated heterocycles. The summed E-state index contributed by atoms with van der Waals surface area (Å²) in [6.07, 6.45) is 0. The van der Waals surface area contributed by atoms with Gasteiger partial charge in [0, 0.05) is 17.8 Å². The molecule has 0 atom stereocenters. The lowest BCUT2D eigenvalue weighted by Gasteiger charge is -2.15. The number of nitrogens with zero attached hydrogens (tertiary/aromatic N) is 1. The van der Waals surface area contributed by atoms with Crippen LogP contribution in [0.3, 0.4) is 0 Å². The van der Waals surface area contributed by atoms with E-state index in [0.717, 1.165) is 5.56 Å². The Morgan fingerprint density at radius 2 is 1.68 bits per heavy atom. The molecule has 0 aliphatic carbocycles. The first kappa shape index (κ1) is 27.0. The Morgan fingerprint density at radius 3 is 2.34 bits per heavy atom. The van der Waals surface area contributed by atoms with Crippen molar-refractivity contribution >= 4 is 44.5 Å². The fourth-order valence-electron chi connectivity index (χ4n) is 3.81. The normalized spacial score (nSPS) is 14.2. The van der Waals surface area contributed by atoms with E-state index in [9.17, 15) is 18.0 Å². The van der Waals surface area contributed by atoms with Crippen LogP contribution >= 0.6 is 0 Å². The molecule has 3 N–H and O–H groups in total. The monoisotopic (exact) mass is 536 g/mol. The number of methoxy groups -OCH3 is 1. The van der Waals surface area contributed by atoms with Gasteiger partial charge in [-0.3, -0.25) is 9.63 Å². The van der Waals surface area contributed by atoms with Crippen molar-refractivity contribution in [2.24, 2.45) is 0 Å². The summed E-state index contributed by atoms with van der Waals surface area (Å²) >= 11 is 0. The van der Waals surface area contributed by atoms with E-state index in [4.69, 9.17) is 9.57 Å². The number of amides is 1. The second-order valence-electron chi connectivity index (χ2n) is 8.71. The number of nitrogens with one attached hydrogen (secondary N) is 3. The summed E-state index contributed by atoms with van der Waals surface area (Å²) in [6, 6.07) is 20.2. The lowest BCUT2D eigenvalue weighted by molar-refractivity contribution is -0.110. The first-order valence-electron chi connectivity index (χ1n) is 11.7. The number of benzene rings is 3. The summed E-state index contributed by atoms with van der Waals surface area (Å²) in [6.45, 7) is 0.757. The molecule has 0 bridgehead atoms. The average Bonchev–Trinajstić information content (AvgIpc) is 3.24. The summed E-state index contributed by atoms with van der Waals surface area (Å²) in [5.74, 6) is -0.847. The second kappa shape index (κ2) is 11.6. The highest BCUT2D eigenvalue weighted by atomic mass is 32.2. The zero-order valence-electron chi connectivity index (χ0n) is 21.1. The van der Waals surface area contributed by atoms with Crippen molar-refractivity contribution in [2.45, 2.75) is 4.90 Å². The minimum absolute atomic E-state index is 0.0288. The van der Waals surface area contributed by atoms with Crippen LogP contribution in [0.1, 0.15) is 21.5 Å². The number of rotatable bonds is 10. The number of esters is 1. The van der Waals surface area contributed by atoms with Gasteiger partial charge in [0.25, 0.3) is 15.9 Å². The zero-order valence-corrected chi connectivity index (χ0v) is 22.0. The molecule has 3 aromatic rings. The predicted molar refractivity (Wildman–Crippen MR) is 145 cm³/mol. The summed E-state index contributed by atoms with van der Waals surface area (Å²) in [4.78, 5) is 34.2. The van der Waals surface area contributed by atoms with Gasteiger partial charge in [-0.25, -0.2) is 13.2 Å². The van der Waals surface area contributed by atoms with Gasteiger partial charge in [-0.2, -0.15) is 0 Å². The number of hydrogen-bond donors (Lipinski definition) is 3. The molecule has 0 aromatic heterocycles. The highest BCUT2D eigenvalue weighted by molar-refractivity contribution is 7.89. The Labute approximate surface area is 221 Å². The van der Waals surface area contributed by atoms with E-state index in [2.05, 4.69) is 15.5 Å². The van der Waals surface area contributed by atoms with Crippen molar-refractivity contribution in [1.82, 2.24) is 9.79 Å². The lowest BCUT2D eigenvalue weighted by atomic mass is 9.99. The predicted octanol–water partition coefficient (Wildman–Crippen LogP) is 3.18. The van der Waals surface area contributed by atoms with Crippen LogP contribution in [0.5, 0.6) is 0 Å². The maximum absolute atomic E-state index is 13.1. The molecule has 0 spiro atoms. The van der Waals surface area contributed by atoms with Gasteiger partial charge in [0.15, 0.2) is 0 Å². The van der Waals surface area contributed by atoms with E-state index in [1.165, 1.54) is 19.2 Å². The van der Waals surface area contributed by atoms with E-state index in [1.807, 2.05) is 49.3 Å². The molecule has 1 amide bonds. The van der Waals surface area contributed by atoms with Crippen molar-refractivity contribution in [2.75, 3.05) is 45.0 Å². The van der Waals surface area contributed by atoms with Crippen LogP contribution in [0, 0.1) is 0 Å². The number of likely N-dealkylation sites (N-methyl/N-ethyl adjacent to an activating group) is 1. The van der Waals surface area contributed by atoms with Crippen molar-refractivity contribution in [3.05, 3.63) is 89.5 Å². The zero-order chi connectivity index (χ0) is 27.3. The summed E-state index contributed by atoms with van der Waals surface area (Å²) in [5.41, 5.74) is 3.64. The minimum Gasteiger partial charge on any atom is -0.465 e. The first-order valence-corrected chi connectivity index (χ1v) is 13.2. The maximum Gasteiger partial charge on any atom is 0.337 e. The number of ether oxygens (including phenoxy) is 1. The summed E-state index contributed by atoms with van der Waals surface area (Å²) in [5, 5.41) is 6.09. The second-order valence-corrected chi connectivity index (χ2v) is 10.4. The number of carbonyl (C=O) groups excluding carboxylic acids is 2. The minimum atomic E-state index is -3.87. The third-order valence-corrected chi connectivity index (χ3v) is 6.97. The van der Waals surface area contributed by atoms with Crippen molar-refractivity contribution < 1.29 is 27.6 Å². The topological polar surface area (TPSA) is 126 Å². The van der Waals surface area contributed by atoms with Crippen molar-refractivity contribution in [1.29, 1.82) is 0 Å². The van der Waals surface area contributed by atoms with Gasteiger partial charge in [-0.05, 0) is 56.1 Å². The Morgan fingerprint density at radius 1 is 0.974 bits per heavy atom. The number of sulfonamides is 1. The molecule has 0 saturated carbocycles. The van der Waals surface area contributed by atoms with Crippen molar-refractivity contribution in [3.8, 4) is 0 Å². The number of hydrogen-bond acceptors (Lipinski definition) is 8.